The Morgan fingerprint density at radius 3 is 2.54 bits per heavy atom. The molecular weight excluding hydrogens is 304 g/mol. The van der Waals surface area contributed by atoms with Gasteiger partial charge in [0.05, 0.1) is 5.69 Å². The van der Waals surface area contributed by atoms with Crippen molar-refractivity contribution >= 4 is 11.4 Å². The predicted octanol–water partition coefficient (Wildman–Crippen LogP) is 4.18. The zero-order valence-electron chi connectivity index (χ0n) is 14.3. The summed E-state index contributed by atoms with van der Waals surface area (Å²) in [5.41, 5.74) is 2.75. The highest BCUT2D eigenvalue weighted by Crippen LogP contribution is 2.28. The van der Waals surface area contributed by atoms with Gasteiger partial charge in [0.25, 0.3) is 5.56 Å². The molecule has 0 aliphatic heterocycles. The van der Waals surface area contributed by atoms with Gasteiger partial charge in [-0.05, 0) is 44.4 Å². The number of benzene rings is 1. The van der Waals surface area contributed by atoms with Crippen molar-refractivity contribution in [1.29, 1.82) is 5.26 Å². The van der Waals surface area contributed by atoms with Crippen molar-refractivity contribution in [1.82, 2.24) is 4.57 Å². The number of nitrogens with zero attached hydrogens (tertiary/aromatic N) is 4. The van der Waals surface area contributed by atoms with Crippen molar-refractivity contribution < 1.29 is 5.11 Å². The molecule has 124 valence electrons. The molecule has 0 bridgehead atoms. The minimum absolute atomic E-state index is 0.0537. The second-order valence-corrected chi connectivity index (χ2v) is 5.66. The van der Waals surface area contributed by atoms with Crippen LogP contribution in [-0.2, 0) is 6.54 Å². The fourth-order valence-electron chi connectivity index (χ4n) is 2.44. The Kier molecular flexibility index (Phi) is 5.14. The fourth-order valence-corrected chi connectivity index (χ4v) is 2.44. The Hall–Kier alpha value is -2.94. The van der Waals surface area contributed by atoms with Gasteiger partial charge in [-0.3, -0.25) is 9.36 Å². The second-order valence-electron chi connectivity index (χ2n) is 5.66. The first-order valence-corrected chi connectivity index (χ1v) is 7.76. The number of aryl methyl sites for hydroxylation is 1. The number of pyridine rings is 1. The standard InChI is InChI=1S/C18H20N4O2/c1-5-9-22-17(23)14(10-19)13(4)16(18(22)24)21-20-15-8-6-7-11(2)12(15)3/h6-8,23H,5,9H2,1-4H3. The molecule has 0 aliphatic carbocycles. The third kappa shape index (κ3) is 3.06. The summed E-state index contributed by atoms with van der Waals surface area (Å²) in [4.78, 5) is 12.6. The van der Waals surface area contributed by atoms with Crippen molar-refractivity contribution in [3.63, 3.8) is 0 Å². The van der Waals surface area contributed by atoms with E-state index in [4.69, 9.17) is 0 Å². The van der Waals surface area contributed by atoms with Crippen molar-refractivity contribution in [2.24, 2.45) is 10.2 Å². The molecule has 1 N–H and O–H groups in total. The lowest BCUT2D eigenvalue weighted by Crippen LogP contribution is -2.21. The predicted molar refractivity (Wildman–Crippen MR) is 92.2 cm³/mol. The summed E-state index contributed by atoms with van der Waals surface area (Å²) in [6.07, 6.45) is 0.648. The molecule has 1 heterocycles. The molecule has 0 radical (unpaired) electrons. The molecule has 2 aromatic rings. The van der Waals surface area contributed by atoms with E-state index in [-0.39, 0.29) is 17.1 Å². The van der Waals surface area contributed by atoms with E-state index in [1.807, 2.05) is 45.0 Å². The number of azo groups is 1. The zero-order chi connectivity index (χ0) is 17.9. The molecule has 0 atom stereocenters. The molecule has 1 aromatic carbocycles. The molecule has 0 unspecified atom stereocenters. The van der Waals surface area contributed by atoms with Crippen molar-refractivity contribution in [3.05, 3.63) is 50.8 Å². The average molecular weight is 324 g/mol. The fraction of sp³-hybridized carbons (Fsp3) is 0.333. The highest BCUT2D eigenvalue weighted by atomic mass is 16.3. The average Bonchev–Trinajstić information content (AvgIpc) is 2.55. The Balaban J connectivity index is 2.64. The lowest BCUT2D eigenvalue weighted by atomic mass is 10.1. The molecule has 0 amide bonds. The van der Waals surface area contributed by atoms with E-state index in [1.54, 1.807) is 6.92 Å². The number of rotatable bonds is 4. The lowest BCUT2D eigenvalue weighted by molar-refractivity contribution is 0.402. The summed E-state index contributed by atoms with van der Waals surface area (Å²) >= 11 is 0. The molecule has 6 nitrogen and oxygen atoms in total. The van der Waals surface area contributed by atoms with Crippen LogP contribution < -0.4 is 5.56 Å². The zero-order valence-corrected chi connectivity index (χ0v) is 14.3. The summed E-state index contributed by atoms with van der Waals surface area (Å²) in [7, 11) is 0. The highest BCUT2D eigenvalue weighted by Gasteiger charge is 2.18. The summed E-state index contributed by atoms with van der Waals surface area (Å²) in [5.74, 6) is -0.312. The first kappa shape index (κ1) is 17.4. The summed E-state index contributed by atoms with van der Waals surface area (Å²) in [6.45, 7) is 7.69. The quantitative estimate of drug-likeness (QED) is 0.855. The summed E-state index contributed by atoms with van der Waals surface area (Å²) < 4.78 is 1.17. The monoisotopic (exact) mass is 324 g/mol. The van der Waals surface area contributed by atoms with E-state index in [1.165, 1.54) is 4.57 Å². The van der Waals surface area contributed by atoms with Gasteiger partial charge in [0.1, 0.15) is 11.6 Å². The van der Waals surface area contributed by atoms with Crippen molar-refractivity contribution in [3.8, 4) is 11.9 Å². The maximum absolute atomic E-state index is 12.6. The highest BCUT2D eigenvalue weighted by molar-refractivity contribution is 5.57. The smallest absolute Gasteiger partial charge is 0.281 e. The SMILES string of the molecule is CCCn1c(O)c(C#N)c(C)c(N=Nc2cccc(C)c2C)c1=O. The van der Waals surface area contributed by atoms with E-state index < -0.39 is 5.56 Å². The van der Waals surface area contributed by atoms with Crippen LogP contribution in [0.25, 0.3) is 0 Å². The van der Waals surface area contributed by atoms with Crippen LogP contribution in [0.5, 0.6) is 5.88 Å². The topological polar surface area (TPSA) is 90.7 Å². The van der Waals surface area contributed by atoms with Gasteiger partial charge in [0, 0.05) is 12.1 Å². The van der Waals surface area contributed by atoms with E-state index in [0.717, 1.165) is 11.1 Å². The molecule has 0 spiro atoms. The van der Waals surface area contributed by atoms with Crippen LogP contribution in [0.2, 0.25) is 0 Å². The number of hydrogen-bond acceptors (Lipinski definition) is 5. The maximum Gasteiger partial charge on any atom is 0.281 e. The number of hydrogen-bond donors (Lipinski definition) is 1. The van der Waals surface area contributed by atoms with Gasteiger partial charge < -0.3 is 5.11 Å². The van der Waals surface area contributed by atoms with Crippen LogP contribution in [0.4, 0.5) is 11.4 Å². The van der Waals surface area contributed by atoms with E-state index in [9.17, 15) is 15.2 Å². The number of aromatic hydroxyl groups is 1. The Morgan fingerprint density at radius 1 is 1.21 bits per heavy atom. The molecule has 0 aliphatic rings. The molecular formula is C18H20N4O2. The Labute approximate surface area is 140 Å². The third-order valence-electron chi connectivity index (χ3n) is 4.05. The first-order valence-electron chi connectivity index (χ1n) is 7.76. The van der Waals surface area contributed by atoms with Crippen LogP contribution in [-0.4, -0.2) is 9.67 Å². The van der Waals surface area contributed by atoms with Crippen LogP contribution >= 0.6 is 0 Å². The van der Waals surface area contributed by atoms with Crippen LogP contribution in [0.1, 0.15) is 35.6 Å². The molecule has 2 rings (SSSR count). The van der Waals surface area contributed by atoms with Gasteiger partial charge in [-0.2, -0.15) is 10.4 Å². The van der Waals surface area contributed by atoms with Gasteiger partial charge >= 0.3 is 0 Å². The van der Waals surface area contributed by atoms with Crippen LogP contribution in [0.3, 0.4) is 0 Å². The maximum atomic E-state index is 12.6. The summed E-state index contributed by atoms with van der Waals surface area (Å²) in [5, 5.41) is 27.7. The normalized spacial score (nSPS) is 11.0. The van der Waals surface area contributed by atoms with Gasteiger partial charge in [-0.15, -0.1) is 5.11 Å². The van der Waals surface area contributed by atoms with Crippen molar-refractivity contribution in [2.75, 3.05) is 0 Å². The molecule has 0 saturated carbocycles. The van der Waals surface area contributed by atoms with Gasteiger partial charge in [-0.25, -0.2) is 0 Å². The minimum atomic E-state index is -0.445. The minimum Gasteiger partial charge on any atom is -0.493 e. The molecule has 6 heteroatoms. The Bertz CT molecular complexity index is 905. The molecule has 0 saturated heterocycles. The Morgan fingerprint density at radius 2 is 1.92 bits per heavy atom. The third-order valence-corrected chi connectivity index (χ3v) is 4.05. The van der Waals surface area contributed by atoms with E-state index >= 15 is 0 Å². The van der Waals surface area contributed by atoms with Gasteiger partial charge in [0.2, 0.25) is 5.88 Å². The van der Waals surface area contributed by atoms with Crippen molar-refractivity contribution in [2.45, 2.75) is 40.7 Å². The first-order chi connectivity index (χ1) is 11.4. The molecule has 0 fully saturated rings. The largest absolute Gasteiger partial charge is 0.493 e. The lowest BCUT2D eigenvalue weighted by Gasteiger charge is -2.12. The van der Waals surface area contributed by atoms with Crippen LogP contribution in [0, 0.1) is 32.1 Å². The number of nitriles is 1. The summed E-state index contributed by atoms with van der Waals surface area (Å²) in [6, 6.07) is 7.60. The van der Waals surface area contributed by atoms with Gasteiger partial charge in [-0.1, -0.05) is 19.1 Å². The van der Waals surface area contributed by atoms with Gasteiger partial charge in [0.15, 0.2) is 5.69 Å². The van der Waals surface area contributed by atoms with E-state index in [2.05, 4.69) is 10.2 Å². The van der Waals surface area contributed by atoms with E-state index in [0.29, 0.717) is 24.2 Å². The number of aromatic nitrogens is 1. The van der Waals surface area contributed by atoms with Crippen LogP contribution in [0.15, 0.2) is 33.2 Å². The second kappa shape index (κ2) is 7.09. The molecule has 1 aromatic heterocycles. The molecule has 24 heavy (non-hydrogen) atoms.